The van der Waals surface area contributed by atoms with E-state index < -0.39 is 12.0 Å². The summed E-state index contributed by atoms with van der Waals surface area (Å²) in [6.07, 6.45) is 7.36. The van der Waals surface area contributed by atoms with Crippen molar-refractivity contribution in [1.29, 1.82) is 0 Å². The van der Waals surface area contributed by atoms with E-state index in [0.29, 0.717) is 38.0 Å². The molecule has 0 aliphatic carbocycles. The standard InChI is InChI=1S/C35H46N2O5S/c1-3-5-18-30(21-27-14-8-6-9-15-27)35(41)42-24-31(26-43-25-28-16-10-7-11-17-28)36-34(40)29(13-4-2)22-33(39)37-20-12-19-32(37)23-38/h3-4,6-11,14-17,29-32,38H,1-2,5,12-13,18-26H2,(H,36,40). The number of amides is 2. The average molecular weight is 607 g/mol. The zero-order valence-corrected chi connectivity index (χ0v) is 25.9. The monoisotopic (exact) mass is 606 g/mol. The van der Waals surface area contributed by atoms with Gasteiger partial charge >= 0.3 is 5.97 Å². The minimum absolute atomic E-state index is 0.0404. The van der Waals surface area contributed by atoms with E-state index in [2.05, 4.69) is 30.6 Å². The van der Waals surface area contributed by atoms with E-state index in [-0.39, 0.29) is 49.4 Å². The molecule has 2 N–H and O–H groups in total. The molecule has 2 amide bonds. The summed E-state index contributed by atoms with van der Waals surface area (Å²) < 4.78 is 5.85. The molecule has 2 aromatic carbocycles. The number of benzene rings is 2. The van der Waals surface area contributed by atoms with Crippen molar-refractivity contribution in [3.8, 4) is 0 Å². The molecule has 8 heteroatoms. The van der Waals surface area contributed by atoms with Crippen molar-refractivity contribution in [3.63, 3.8) is 0 Å². The molecule has 3 rings (SSSR count). The van der Waals surface area contributed by atoms with Crippen molar-refractivity contribution >= 4 is 29.5 Å². The first-order valence-corrected chi connectivity index (χ1v) is 16.3. The van der Waals surface area contributed by atoms with Crippen LogP contribution in [-0.4, -0.2) is 65.4 Å². The Labute approximate surface area is 260 Å². The third-order valence-corrected chi connectivity index (χ3v) is 8.91. The maximum absolute atomic E-state index is 13.5. The van der Waals surface area contributed by atoms with E-state index in [0.717, 1.165) is 24.2 Å². The third kappa shape index (κ3) is 11.7. The molecule has 0 radical (unpaired) electrons. The molecule has 4 atom stereocenters. The Bertz CT molecular complexity index is 1160. The molecule has 43 heavy (non-hydrogen) atoms. The van der Waals surface area contributed by atoms with Crippen LogP contribution in [-0.2, 0) is 31.3 Å². The van der Waals surface area contributed by atoms with Gasteiger partial charge in [-0.05, 0) is 49.7 Å². The number of ether oxygens (including phenoxy) is 1. The summed E-state index contributed by atoms with van der Waals surface area (Å²) in [7, 11) is 0. The Kier molecular flexibility index (Phi) is 15.1. The number of nitrogens with zero attached hydrogens (tertiary/aromatic N) is 1. The van der Waals surface area contributed by atoms with Gasteiger partial charge in [0, 0.05) is 24.5 Å². The molecule has 2 aromatic rings. The molecule has 1 aliphatic heterocycles. The highest BCUT2D eigenvalue weighted by atomic mass is 32.2. The Hall–Kier alpha value is -3.36. The number of rotatable bonds is 19. The zero-order valence-electron chi connectivity index (χ0n) is 25.1. The maximum Gasteiger partial charge on any atom is 0.309 e. The van der Waals surface area contributed by atoms with Gasteiger partial charge in [0.2, 0.25) is 11.8 Å². The number of hydrogen-bond acceptors (Lipinski definition) is 6. The molecule has 7 nitrogen and oxygen atoms in total. The Morgan fingerprint density at radius 2 is 1.72 bits per heavy atom. The Morgan fingerprint density at radius 3 is 2.37 bits per heavy atom. The molecule has 1 heterocycles. The summed E-state index contributed by atoms with van der Waals surface area (Å²) in [6.45, 7) is 8.16. The number of carbonyl (C=O) groups is 3. The lowest BCUT2D eigenvalue weighted by molar-refractivity contribution is -0.150. The molecule has 0 saturated carbocycles. The van der Waals surface area contributed by atoms with E-state index >= 15 is 0 Å². The quantitative estimate of drug-likeness (QED) is 0.166. The summed E-state index contributed by atoms with van der Waals surface area (Å²) in [4.78, 5) is 41.5. The van der Waals surface area contributed by atoms with E-state index in [9.17, 15) is 19.5 Å². The normalized spacial score (nSPS) is 16.6. The number of thioether (sulfide) groups is 1. The molecule has 0 bridgehead atoms. The number of carbonyl (C=O) groups excluding carboxylic acids is 3. The predicted octanol–water partition coefficient (Wildman–Crippen LogP) is 5.34. The second kappa shape index (κ2) is 19.0. The van der Waals surface area contributed by atoms with Gasteiger partial charge in [-0.25, -0.2) is 0 Å². The fourth-order valence-corrected chi connectivity index (χ4v) is 6.34. The number of aliphatic hydroxyl groups is 1. The molecule has 1 aliphatic rings. The topological polar surface area (TPSA) is 95.9 Å². The fraction of sp³-hybridized carbons (Fsp3) is 0.457. The van der Waals surface area contributed by atoms with Crippen molar-refractivity contribution in [3.05, 3.63) is 97.1 Å². The van der Waals surface area contributed by atoms with Gasteiger partial charge in [-0.1, -0.05) is 72.8 Å². The van der Waals surface area contributed by atoms with Gasteiger partial charge in [-0.3, -0.25) is 14.4 Å². The number of aliphatic hydroxyl groups excluding tert-OH is 1. The van der Waals surface area contributed by atoms with Crippen LogP contribution in [0.3, 0.4) is 0 Å². The summed E-state index contributed by atoms with van der Waals surface area (Å²) in [5, 5.41) is 12.7. The van der Waals surface area contributed by atoms with Crippen molar-refractivity contribution < 1.29 is 24.2 Å². The number of nitrogens with one attached hydrogen (secondary N) is 1. The van der Waals surface area contributed by atoms with Crippen LogP contribution in [0.2, 0.25) is 0 Å². The third-order valence-electron chi connectivity index (χ3n) is 7.73. The highest BCUT2D eigenvalue weighted by Crippen LogP contribution is 2.22. The maximum atomic E-state index is 13.5. The van der Waals surface area contributed by atoms with Gasteiger partial charge in [0.25, 0.3) is 0 Å². The van der Waals surface area contributed by atoms with Crippen molar-refractivity contribution in [1.82, 2.24) is 10.2 Å². The molecular weight excluding hydrogens is 560 g/mol. The van der Waals surface area contributed by atoms with E-state index in [1.54, 1.807) is 28.8 Å². The molecule has 232 valence electrons. The molecular formula is C35H46N2O5S. The summed E-state index contributed by atoms with van der Waals surface area (Å²) >= 11 is 1.65. The predicted molar refractivity (Wildman–Crippen MR) is 173 cm³/mol. The van der Waals surface area contributed by atoms with Gasteiger partial charge in [-0.15, -0.1) is 13.2 Å². The summed E-state index contributed by atoms with van der Waals surface area (Å²) in [6, 6.07) is 19.3. The number of allylic oxidation sites excluding steroid dienone is 2. The molecule has 0 spiro atoms. The van der Waals surface area contributed by atoms with Crippen LogP contribution in [0, 0.1) is 11.8 Å². The lowest BCUT2D eigenvalue weighted by Crippen LogP contribution is -2.45. The van der Waals surface area contributed by atoms with Crippen molar-refractivity contribution in [2.75, 3.05) is 25.5 Å². The Morgan fingerprint density at radius 1 is 1.02 bits per heavy atom. The Balaban J connectivity index is 1.66. The smallest absolute Gasteiger partial charge is 0.309 e. The van der Waals surface area contributed by atoms with Crippen LogP contribution in [0.4, 0.5) is 0 Å². The summed E-state index contributed by atoms with van der Waals surface area (Å²) in [5.74, 6) is -0.311. The molecule has 1 fully saturated rings. The summed E-state index contributed by atoms with van der Waals surface area (Å²) in [5.41, 5.74) is 2.23. The second-order valence-corrected chi connectivity index (χ2v) is 12.1. The van der Waals surface area contributed by atoms with Crippen molar-refractivity contribution in [2.45, 2.75) is 62.8 Å². The van der Waals surface area contributed by atoms with Crippen LogP contribution in [0.5, 0.6) is 0 Å². The fourth-order valence-electron chi connectivity index (χ4n) is 5.33. The molecule has 1 saturated heterocycles. The first kappa shape index (κ1) is 34.1. The van der Waals surface area contributed by atoms with Crippen LogP contribution in [0.1, 0.15) is 49.7 Å². The first-order valence-electron chi connectivity index (χ1n) is 15.2. The zero-order chi connectivity index (χ0) is 30.9. The highest BCUT2D eigenvalue weighted by molar-refractivity contribution is 7.98. The number of esters is 1. The number of hydrogen-bond donors (Lipinski definition) is 2. The van der Waals surface area contributed by atoms with Crippen LogP contribution in [0.15, 0.2) is 86.0 Å². The first-order chi connectivity index (χ1) is 20.9. The van der Waals surface area contributed by atoms with Gasteiger partial charge in [0.15, 0.2) is 0 Å². The minimum atomic E-state index is -0.597. The van der Waals surface area contributed by atoms with Gasteiger partial charge in [0.05, 0.1) is 30.5 Å². The van der Waals surface area contributed by atoms with E-state index in [1.165, 1.54) is 5.56 Å². The van der Waals surface area contributed by atoms with E-state index in [1.807, 2.05) is 48.5 Å². The van der Waals surface area contributed by atoms with Crippen molar-refractivity contribution in [2.24, 2.45) is 11.8 Å². The lowest BCUT2D eigenvalue weighted by atomic mass is 9.95. The van der Waals surface area contributed by atoms with Crippen LogP contribution < -0.4 is 5.32 Å². The van der Waals surface area contributed by atoms with Gasteiger partial charge in [-0.2, -0.15) is 11.8 Å². The van der Waals surface area contributed by atoms with Gasteiger partial charge < -0.3 is 20.1 Å². The number of likely N-dealkylation sites (tertiary alicyclic amines) is 1. The molecule has 0 aromatic heterocycles. The van der Waals surface area contributed by atoms with Gasteiger partial charge in [0.1, 0.15) is 6.61 Å². The van der Waals surface area contributed by atoms with Crippen LogP contribution in [0.25, 0.3) is 0 Å². The van der Waals surface area contributed by atoms with E-state index in [4.69, 9.17) is 4.74 Å². The average Bonchev–Trinajstić information content (AvgIpc) is 3.52. The van der Waals surface area contributed by atoms with Crippen LogP contribution >= 0.6 is 11.8 Å². The lowest BCUT2D eigenvalue weighted by Gasteiger charge is -2.26. The largest absolute Gasteiger partial charge is 0.463 e. The molecule has 4 unspecified atom stereocenters. The second-order valence-electron chi connectivity index (χ2n) is 11.1. The minimum Gasteiger partial charge on any atom is -0.463 e. The SMILES string of the molecule is C=CCCC(Cc1ccccc1)C(=O)OCC(CSCc1ccccc1)NC(=O)C(CC=C)CC(=O)N1CCCC1CO. The highest BCUT2D eigenvalue weighted by Gasteiger charge is 2.32.